The molecule has 0 bridgehead atoms. The van der Waals surface area contributed by atoms with Crippen molar-refractivity contribution < 1.29 is 0 Å². The molecule has 0 radical (unpaired) electrons. The van der Waals surface area contributed by atoms with Gasteiger partial charge < -0.3 is 5.32 Å². The molecular formula is C12H16ClN. The zero-order valence-electron chi connectivity index (χ0n) is 8.73. The van der Waals surface area contributed by atoms with Crippen molar-refractivity contribution in [1.82, 2.24) is 0 Å². The summed E-state index contributed by atoms with van der Waals surface area (Å²) in [5.74, 6) is 0. The lowest BCUT2D eigenvalue weighted by molar-refractivity contribution is 0.444. The molecule has 0 fully saturated rings. The maximum absolute atomic E-state index is 5.95. The smallest absolute Gasteiger partial charge is 0.0410 e. The van der Waals surface area contributed by atoms with E-state index >= 15 is 0 Å². The van der Waals surface area contributed by atoms with Crippen LogP contribution in [0.5, 0.6) is 0 Å². The summed E-state index contributed by atoms with van der Waals surface area (Å²) in [7, 11) is 0. The van der Waals surface area contributed by atoms with Gasteiger partial charge >= 0.3 is 0 Å². The third-order valence-electron chi connectivity index (χ3n) is 3.23. The van der Waals surface area contributed by atoms with E-state index in [4.69, 9.17) is 11.6 Å². The van der Waals surface area contributed by atoms with Crippen LogP contribution in [-0.4, -0.2) is 5.54 Å². The van der Waals surface area contributed by atoms with E-state index in [9.17, 15) is 0 Å². The Balaban J connectivity index is 2.31. The van der Waals surface area contributed by atoms with Gasteiger partial charge in [-0.1, -0.05) is 18.5 Å². The molecule has 1 aliphatic rings. The van der Waals surface area contributed by atoms with Crippen molar-refractivity contribution in [1.29, 1.82) is 0 Å². The molecule has 1 atom stereocenters. The van der Waals surface area contributed by atoms with Gasteiger partial charge in [0.1, 0.15) is 0 Å². The Morgan fingerprint density at radius 1 is 1.50 bits per heavy atom. The second-order valence-corrected chi connectivity index (χ2v) is 4.78. The molecule has 76 valence electrons. The van der Waals surface area contributed by atoms with E-state index in [0.29, 0.717) is 0 Å². The second kappa shape index (κ2) is 3.47. The van der Waals surface area contributed by atoms with Gasteiger partial charge in [0.2, 0.25) is 0 Å². The Morgan fingerprint density at radius 3 is 3.00 bits per heavy atom. The van der Waals surface area contributed by atoms with Gasteiger partial charge in [-0.15, -0.1) is 0 Å². The molecule has 1 aliphatic heterocycles. The highest BCUT2D eigenvalue weighted by Gasteiger charge is 2.26. The highest BCUT2D eigenvalue weighted by Crippen LogP contribution is 2.33. The minimum atomic E-state index is 0.265. The summed E-state index contributed by atoms with van der Waals surface area (Å²) in [5.41, 5.74) is 2.87. The number of nitrogens with one attached hydrogen (secondary N) is 1. The molecule has 1 nitrogen and oxygen atoms in total. The predicted molar refractivity (Wildman–Crippen MR) is 62.1 cm³/mol. The average Bonchev–Trinajstić information content (AvgIpc) is 2.19. The summed E-state index contributed by atoms with van der Waals surface area (Å²) >= 11 is 5.95. The molecule has 1 aromatic carbocycles. The second-order valence-electron chi connectivity index (χ2n) is 4.34. The quantitative estimate of drug-likeness (QED) is 0.741. The van der Waals surface area contributed by atoms with Crippen molar-refractivity contribution in [3.05, 3.63) is 28.8 Å². The molecule has 0 saturated heterocycles. The number of hydrogen-bond donors (Lipinski definition) is 1. The third-order valence-corrected chi connectivity index (χ3v) is 3.47. The van der Waals surface area contributed by atoms with Gasteiger partial charge in [-0.2, -0.15) is 0 Å². The molecule has 1 N–H and O–H groups in total. The molecule has 0 amide bonds. The predicted octanol–water partition coefficient (Wildman–Crippen LogP) is 3.87. The molecule has 0 aliphatic carbocycles. The average molecular weight is 210 g/mol. The first-order valence-corrected chi connectivity index (χ1v) is 5.57. The van der Waals surface area contributed by atoms with Crippen molar-refractivity contribution in [2.75, 3.05) is 5.32 Å². The number of anilines is 1. The number of fused-ring (bicyclic) bond motifs is 1. The van der Waals surface area contributed by atoms with Crippen LogP contribution in [0.1, 0.15) is 32.3 Å². The molecule has 0 saturated carbocycles. The molecule has 1 aromatic rings. The van der Waals surface area contributed by atoms with Crippen LogP contribution in [0.4, 0.5) is 5.69 Å². The fourth-order valence-electron chi connectivity index (χ4n) is 1.95. The SMILES string of the molecule is CCC1(C)CCc2cc(Cl)ccc2N1. The first-order chi connectivity index (χ1) is 6.63. The fourth-order valence-corrected chi connectivity index (χ4v) is 2.15. The molecule has 2 rings (SSSR count). The van der Waals surface area contributed by atoms with Crippen LogP contribution in [0.15, 0.2) is 18.2 Å². The van der Waals surface area contributed by atoms with E-state index < -0.39 is 0 Å². The van der Waals surface area contributed by atoms with E-state index in [1.807, 2.05) is 6.07 Å². The summed E-state index contributed by atoms with van der Waals surface area (Å²) in [5, 5.41) is 4.43. The van der Waals surface area contributed by atoms with Gasteiger partial charge in [0, 0.05) is 16.2 Å². The maximum atomic E-state index is 5.95. The number of halogens is 1. The largest absolute Gasteiger partial charge is 0.380 e. The molecule has 0 aromatic heterocycles. The van der Waals surface area contributed by atoms with E-state index in [0.717, 1.165) is 17.9 Å². The number of hydrogen-bond acceptors (Lipinski definition) is 1. The van der Waals surface area contributed by atoms with Crippen molar-refractivity contribution >= 4 is 17.3 Å². The molecular weight excluding hydrogens is 194 g/mol. The molecule has 1 unspecified atom stereocenters. The first kappa shape index (κ1) is 9.85. The summed E-state index contributed by atoms with van der Waals surface area (Å²) in [4.78, 5) is 0. The first-order valence-electron chi connectivity index (χ1n) is 5.19. The van der Waals surface area contributed by atoms with Crippen LogP contribution in [-0.2, 0) is 6.42 Å². The Kier molecular flexibility index (Phi) is 2.44. The van der Waals surface area contributed by atoms with Crippen LogP contribution in [0.2, 0.25) is 5.02 Å². The molecule has 1 heterocycles. The Morgan fingerprint density at radius 2 is 2.29 bits per heavy atom. The van der Waals surface area contributed by atoms with Crippen molar-refractivity contribution in [3.63, 3.8) is 0 Å². The zero-order valence-corrected chi connectivity index (χ0v) is 9.49. The number of rotatable bonds is 1. The highest BCUT2D eigenvalue weighted by molar-refractivity contribution is 6.30. The molecule has 14 heavy (non-hydrogen) atoms. The zero-order chi connectivity index (χ0) is 10.2. The van der Waals surface area contributed by atoms with Crippen molar-refractivity contribution in [2.24, 2.45) is 0 Å². The summed E-state index contributed by atoms with van der Waals surface area (Å²) in [6, 6.07) is 6.11. The third kappa shape index (κ3) is 1.74. The van der Waals surface area contributed by atoms with Gasteiger partial charge in [-0.05, 0) is 49.9 Å². The van der Waals surface area contributed by atoms with Crippen LogP contribution in [0, 0.1) is 0 Å². The number of benzene rings is 1. The fraction of sp³-hybridized carbons (Fsp3) is 0.500. The van der Waals surface area contributed by atoms with Crippen LogP contribution >= 0.6 is 11.6 Å². The Bertz CT molecular complexity index is 348. The lowest BCUT2D eigenvalue weighted by Gasteiger charge is -2.36. The van der Waals surface area contributed by atoms with E-state index in [-0.39, 0.29) is 5.54 Å². The van der Waals surface area contributed by atoms with E-state index in [1.54, 1.807) is 0 Å². The van der Waals surface area contributed by atoms with Gasteiger partial charge in [0.25, 0.3) is 0 Å². The summed E-state index contributed by atoms with van der Waals surface area (Å²) in [6.07, 6.45) is 3.49. The standard InChI is InChI=1S/C12H16ClN/c1-3-12(2)7-6-9-8-10(13)4-5-11(9)14-12/h4-5,8,14H,3,6-7H2,1-2H3. The Hall–Kier alpha value is -0.690. The minimum Gasteiger partial charge on any atom is -0.380 e. The van der Waals surface area contributed by atoms with Crippen LogP contribution < -0.4 is 5.32 Å². The lowest BCUT2D eigenvalue weighted by atomic mass is 9.86. The molecule has 0 spiro atoms. The van der Waals surface area contributed by atoms with Gasteiger partial charge in [0.15, 0.2) is 0 Å². The van der Waals surface area contributed by atoms with E-state index in [2.05, 4.69) is 31.3 Å². The maximum Gasteiger partial charge on any atom is 0.0410 e. The topological polar surface area (TPSA) is 12.0 Å². The molecule has 2 heteroatoms. The lowest BCUT2D eigenvalue weighted by Crippen LogP contribution is -2.37. The normalized spacial score (nSPS) is 25.4. The van der Waals surface area contributed by atoms with Crippen molar-refractivity contribution in [2.45, 2.75) is 38.6 Å². The van der Waals surface area contributed by atoms with Gasteiger partial charge in [0.05, 0.1) is 0 Å². The summed E-state index contributed by atoms with van der Waals surface area (Å²) < 4.78 is 0. The number of aryl methyl sites for hydroxylation is 1. The Labute approximate surface area is 90.5 Å². The van der Waals surface area contributed by atoms with Gasteiger partial charge in [-0.3, -0.25) is 0 Å². The minimum absolute atomic E-state index is 0.265. The van der Waals surface area contributed by atoms with E-state index in [1.165, 1.54) is 17.7 Å². The van der Waals surface area contributed by atoms with Crippen LogP contribution in [0.3, 0.4) is 0 Å². The van der Waals surface area contributed by atoms with Gasteiger partial charge in [-0.25, -0.2) is 0 Å². The summed E-state index contributed by atoms with van der Waals surface area (Å²) in [6.45, 7) is 4.51. The highest BCUT2D eigenvalue weighted by atomic mass is 35.5. The monoisotopic (exact) mass is 209 g/mol. The van der Waals surface area contributed by atoms with Crippen molar-refractivity contribution in [3.8, 4) is 0 Å². The van der Waals surface area contributed by atoms with Crippen LogP contribution in [0.25, 0.3) is 0 Å².